The molecule has 0 radical (unpaired) electrons. The number of hydrogen-bond acceptors (Lipinski definition) is 2. The third-order valence-electron chi connectivity index (χ3n) is 3.68. The minimum atomic E-state index is 0.105. The van der Waals surface area contributed by atoms with Crippen LogP contribution in [0.5, 0.6) is 0 Å². The SMILES string of the molecule is Cc1cccc(C(=O)N2CCC(C(C)N)C2)c1Br. The van der Waals surface area contributed by atoms with Gasteiger partial charge in [0, 0.05) is 23.6 Å². The van der Waals surface area contributed by atoms with E-state index in [1.807, 2.05) is 36.9 Å². The van der Waals surface area contributed by atoms with E-state index in [1.54, 1.807) is 0 Å². The van der Waals surface area contributed by atoms with Crippen molar-refractivity contribution in [3.63, 3.8) is 0 Å². The molecule has 98 valence electrons. The third kappa shape index (κ3) is 2.59. The summed E-state index contributed by atoms with van der Waals surface area (Å²) >= 11 is 3.50. The summed E-state index contributed by atoms with van der Waals surface area (Å²) in [5, 5.41) is 0. The van der Waals surface area contributed by atoms with Gasteiger partial charge >= 0.3 is 0 Å². The summed E-state index contributed by atoms with van der Waals surface area (Å²) in [5.41, 5.74) is 7.74. The molecular weight excluding hydrogens is 292 g/mol. The Labute approximate surface area is 116 Å². The molecule has 1 amide bonds. The van der Waals surface area contributed by atoms with Crippen molar-refractivity contribution in [1.82, 2.24) is 4.90 Å². The summed E-state index contributed by atoms with van der Waals surface area (Å²) in [6.07, 6.45) is 1.01. The number of likely N-dealkylation sites (tertiary alicyclic amines) is 1. The first-order valence-electron chi connectivity index (χ1n) is 6.30. The van der Waals surface area contributed by atoms with E-state index in [4.69, 9.17) is 5.73 Å². The molecule has 1 saturated heterocycles. The summed E-state index contributed by atoms with van der Waals surface area (Å²) in [7, 11) is 0. The van der Waals surface area contributed by atoms with Crippen LogP contribution >= 0.6 is 15.9 Å². The minimum absolute atomic E-state index is 0.105. The molecule has 1 aliphatic heterocycles. The van der Waals surface area contributed by atoms with Crippen LogP contribution in [0.2, 0.25) is 0 Å². The highest BCUT2D eigenvalue weighted by atomic mass is 79.9. The Morgan fingerprint density at radius 1 is 1.56 bits per heavy atom. The van der Waals surface area contributed by atoms with Crippen molar-refractivity contribution in [3.05, 3.63) is 33.8 Å². The minimum Gasteiger partial charge on any atom is -0.338 e. The summed E-state index contributed by atoms with van der Waals surface area (Å²) in [4.78, 5) is 14.4. The predicted octanol–water partition coefficient (Wildman–Crippen LogP) is 2.57. The summed E-state index contributed by atoms with van der Waals surface area (Å²) < 4.78 is 0.902. The lowest BCUT2D eigenvalue weighted by atomic mass is 10.0. The van der Waals surface area contributed by atoms with E-state index in [-0.39, 0.29) is 11.9 Å². The number of amides is 1. The molecule has 2 unspecified atom stereocenters. The molecule has 2 N–H and O–H groups in total. The number of benzene rings is 1. The number of hydrogen-bond donors (Lipinski definition) is 1. The Bertz CT molecular complexity index is 459. The molecule has 0 aliphatic carbocycles. The molecule has 2 atom stereocenters. The fourth-order valence-corrected chi connectivity index (χ4v) is 2.82. The topological polar surface area (TPSA) is 46.3 Å². The standard InChI is InChI=1S/C14H19BrN2O/c1-9-4-3-5-12(13(9)15)14(18)17-7-6-11(8-17)10(2)16/h3-5,10-11H,6-8,16H2,1-2H3. The van der Waals surface area contributed by atoms with Crippen LogP contribution in [0, 0.1) is 12.8 Å². The van der Waals surface area contributed by atoms with Gasteiger partial charge in [0.1, 0.15) is 0 Å². The van der Waals surface area contributed by atoms with Crippen LogP contribution in [0.25, 0.3) is 0 Å². The van der Waals surface area contributed by atoms with Crippen LogP contribution in [0.15, 0.2) is 22.7 Å². The van der Waals surface area contributed by atoms with Crippen molar-refractivity contribution in [1.29, 1.82) is 0 Å². The largest absolute Gasteiger partial charge is 0.338 e. The van der Waals surface area contributed by atoms with Crippen LogP contribution in [-0.2, 0) is 0 Å². The van der Waals surface area contributed by atoms with Gasteiger partial charge < -0.3 is 10.6 Å². The van der Waals surface area contributed by atoms with Gasteiger partial charge in [0.2, 0.25) is 0 Å². The third-order valence-corrected chi connectivity index (χ3v) is 4.73. The van der Waals surface area contributed by atoms with Crippen LogP contribution in [0.3, 0.4) is 0 Å². The van der Waals surface area contributed by atoms with Crippen molar-refractivity contribution in [2.24, 2.45) is 11.7 Å². The lowest BCUT2D eigenvalue weighted by molar-refractivity contribution is 0.0785. The molecule has 0 bridgehead atoms. The number of rotatable bonds is 2. The summed E-state index contributed by atoms with van der Waals surface area (Å²) in [6.45, 7) is 5.60. The van der Waals surface area contributed by atoms with Gasteiger partial charge in [-0.05, 0) is 53.7 Å². The van der Waals surface area contributed by atoms with Gasteiger partial charge in [-0.25, -0.2) is 0 Å². The average Bonchev–Trinajstić information content (AvgIpc) is 2.81. The van der Waals surface area contributed by atoms with Crippen LogP contribution < -0.4 is 5.73 Å². The number of halogens is 1. The van der Waals surface area contributed by atoms with Gasteiger partial charge in [0.25, 0.3) is 5.91 Å². The van der Waals surface area contributed by atoms with Crippen molar-refractivity contribution in [3.8, 4) is 0 Å². The average molecular weight is 311 g/mol. The van der Waals surface area contributed by atoms with E-state index in [1.165, 1.54) is 0 Å². The van der Waals surface area contributed by atoms with Gasteiger partial charge in [-0.2, -0.15) is 0 Å². The van der Waals surface area contributed by atoms with E-state index in [0.717, 1.165) is 35.1 Å². The van der Waals surface area contributed by atoms with Gasteiger partial charge in [0.05, 0.1) is 5.56 Å². The first-order valence-corrected chi connectivity index (χ1v) is 7.10. The van der Waals surface area contributed by atoms with E-state index < -0.39 is 0 Å². The second-order valence-electron chi connectivity index (χ2n) is 5.10. The number of nitrogens with two attached hydrogens (primary N) is 1. The monoisotopic (exact) mass is 310 g/mol. The molecule has 1 aromatic rings. The van der Waals surface area contributed by atoms with E-state index >= 15 is 0 Å². The normalized spacial score (nSPS) is 21.1. The zero-order chi connectivity index (χ0) is 13.3. The molecule has 0 spiro atoms. The molecular formula is C14H19BrN2O. The number of nitrogens with zero attached hydrogens (tertiary/aromatic N) is 1. The van der Waals surface area contributed by atoms with E-state index in [2.05, 4.69) is 15.9 Å². The Morgan fingerprint density at radius 3 is 2.89 bits per heavy atom. The maximum Gasteiger partial charge on any atom is 0.255 e. The molecule has 2 rings (SSSR count). The zero-order valence-corrected chi connectivity index (χ0v) is 12.4. The number of carbonyl (C=O) groups is 1. The second kappa shape index (κ2) is 5.41. The fraction of sp³-hybridized carbons (Fsp3) is 0.500. The van der Waals surface area contributed by atoms with Crippen LogP contribution in [0.4, 0.5) is 0 Å². The summed E-state index contributed by atoms with van der Waals surface area (Å²) in [6, 6.07) is 5.95. The molecule has 4 heteroatoms. The quantitative estimate of drug-likeness (QED) is 0.912. The van der Waals surface area contributed by atoms with Gasteiger partial charge in [-0.15, -0.1) is 0 Å². The van der Waals surface area contributed by atoms with Crippen LogP contribution in [0.1, 0.15) is 29.3 Å². The van der Waals surface area contributed by atoms with E-state index in [9.17, 15) is 4.79 Å². The predicted molar refractivity (Wildman–Crippen MR) is 76.5 cm³/mol. The molecule has 1 heterocycles. The molecule has 0 saturated carbocycles. The zero-order valence-electron chi connectivity index (χ0n) is 10.8. The Hall–Kier alpha value is -0.870. The van der Waals surface area contributed by atoms with Gasteiger partial charge in [0.15, 0.2) is 0 Å². The maximum absolute atomic E-state index is 12.4. The Morgan fingerprint density at radius 2 is 2.28 bits per heavy atom. The smallest absolute Gasteiger partial charge is 0.255 e. The fourth-order valence-electron chi connectivity index (χ4n) is 2.38. The second-order valence-corrected chi connectivity index (χ2v) is 5.89. The lowest BCUT2D eigenvalue weighted by Crippen LogP contribution is -2.33. The van der Waals surface area contributed by atoms with Crippen molar-refractivity contribution < 1.29 is 4.79 Å². The highest BCUT2D eigenvalue weighted by Crippen LogP contribution is 2.26. The summed E-state index contributed by atoms with van der Waals surface area (Å²) in [5.74, 6) is 0.534. The Balaban J connectivity index is 2.16. The van der Waals surface area contributed by atoms with Crippen LogP contribution in [-0.4, -0.2) is 29.9 Å². The van der Waals surface area contributed by atoms with Crippen molar-refractivity contribution in [2.75, 3.05) is 13.1 Å². The first-order chi connectivity index (χ1) is 8.50. The van der Waals surface area contributed by atoms with Gasteiger partial charge in [-0.1, -0.05) is 12.1 Å². The molecule has 0 aromatic heterocycles. The van der Waals surface area contributed by atoms with Crippen molar-refractivity contribution in [2.45, 2.75) is 26.3 Å². The number of carbonyl (C=O) groups excluding carboxylic acids is 1. The molecule has 18 heavy (non-hydrogen) atoms. The highest BCUT2D eigenvalue weighted by Gasteiger charge is 2.29. The Kier molecular flexibility index (Phi) is 4.07. The molecule has 1 fully saturated rings. The highest BCUT2D eigenvalue weighted by molar-refractivity contribution is 9.10. The van der Waals surface area contributed by atoms with E-state index in [0.29, 0.717) is 5.92 Å². The lowest BCUT2D eigenvalue weighted by Gasteiger charge is -2.19. The number of aryl methyl sites for hydroxylation is 1. The molecule has 3 nitrogen and oxygen atoms in total. The maximum atomic E-state index is 12.4. The first kappa shape index (κ1) is 13.6. The van der Waals surface area contributed by atoms with Gasteiger partial charge in [-0.3, -0.25) is 4.79 Å². The molecule has 1 aromatic carbocycles. The molecule has 1 aliphatic rings. The van der Waals surface area contributed by atoms with Crippen molar-refractivity contribution >= 4 is 21.8 Å².